The van der Waals surface area contributed by atoms with Crippen LogP contribution in [0.2, 0.25) is 0 Å². The third kappa shape index (κ3) is 3.00. The number of carbonyl (C=O) groups is 3. The summed E-state index contributed by atoms with van der Waals surface area (Å²) in [7, 11) is 0. The molecule has 1 amide bonds. The lowest BCUT2D eigenvalue weighted by Gasteiger charge is -2.18. The average Bonchev–Trinajstić information content (AvgIpc) is 3.24. The smallest absolute Gasteiger partial charge is 0.308 e. The molecule has 28 heavy (non-hydrogen) atoms. The monoisotopic (exact) mass is 385 g/mol. The summed E-state index contributed by atoms with van der Waals surface area (Å²) in [6.45, 7) is 1.87. The summed E-state index contributed by atoms with van der Waals surface area (Å²) in [4.78, 5) is 38.8. The zero-order valence-electron chi connectivity index (χ0n) is 15.4. The predicted molar refractivity (Wildman–Crippen MR) is 96.9 cm³/mol. The first-order chi connectivity index (χ1) is 13.4. The number of carboxylic acid groups (broad SMARTS) is 1. The number of nitrogens with zero attached hydrogens (tertiary/aromatic N) is 1. The molecule has 6 nitrogen and oxygen atoms in total. The van der Waals surface area contributed by atoms with E-state index in [-0.39, 0.29) is 30.3 Å². The second kappa shape index (κ2) is 6.89. The fourth-order valence-electron chi connectivity index (χ4n) is 4.29. The molecule has 2 unspecified atom stereocenters. The van der Waals surface area contributed by atoms with E-state index in [0.29, 0.717) is 41.9 Å². The number of rotatable bonds is 3. The number of halogens is 1. The lowest BCUT2D eigenvalue weighted by Crippen LogP contribution is -2.31. The summed E-state index contributed by atoms with van der Waals surface area (Å²) >= 11 is 0. The minimum absolute atomic E-state index is 0.0315. The molecule has 1 N–H and O–H groups in total. The summed E-state index contributed by atoms with van der Waals surface area (Å²) in [6.07, 6.45) is 1.69. The van der Waals surface area contributed by atoms with Gasteiger partial charge in [0.05, 0.1) is 17.0 Å². The molecule has 0 radical (unpaired) electrons. The molecule has 2 aliphatic rings. The number of hydrogen-bond acceptors (Lipinski definition) is 4. The zero-order chi connectivity index (χ0) is 20.0. The Hall–Kier alpha value is -2.96. The molecule has 7 heteroatoms. The Labute approximate surface area is 160 Å². The molecule has 0 bridgehead atoms. The molecule has 1 aromatic heterocycles. The first-order valence-corrected chi connectivity index (χ1v) is 9.29. The summed E-state index contributed by atoms with van der Waals surface area (Å²) in [6, 6.07) is 5.68. The molecule has 1 saturated heterocycles. The van der Waals surface area contributed by atoms with Gasteiger partial charge in [0.2, 0.25) is 0 Å². The zero-order valence-corrected chi connectivity index (χ0v) is 15.4. The van der Waals surface area contributed by atoms with Crippen LogP contribution in [0.25, 0.3) is 0 Å². The topological polar surface area (TPSA) is 87.8 Å². The van der Waals surface area contributed by atoms with E-state index in [1.165, 1.54) is 17.0 Å². The second-order valence-corrected chi connectivity index (χ2v) is 7.42. The third-order valence-corrected chi connectivity index (χ3v) is 5.68. The van der Waals surface area contributed by atoms with Crippen molar-refractivity contribution in [3.05, 3.63) is 58.3 Å². The SMILES string of the molecule is Cc1oc2c(c1C(=O)N1CC(C(=O)O)C(c3ccc(F)cc3)C1)C(=O)CCC2. The second-order valence-electron chi connectivity index (χ2n) is 7.42. The Morgan fingerprint density at radius 1 is 1.18 bits per heavy atom. The van der Waals surface area contributed by atoms with Crippen LogP contribution >= 0.6 is 0 Å². The van der Waals surface area contributed by atoms with Crippen LogP contribution in [0, 0.1) is 18.7 Å². The summed E-state index contributed by atoms with van der Waals surface area (Å²) < 4.78 is 18.9. The van der Waals surface area contributed by atoms with Crippen LogP contribution in [-0.2, 0) is 11.2 Å². The molecule has 1 aliphatic carbocycles. The maximum absolute atomic E-state index is 13.2. The van der Waals surface area contributed by atoms with E-state index in [9.17, 15) is 23.9 Å². The number of benzene rings is 1. The van der Waals surface area contributed by atoms with Gasteiger partial charge in [0.25, 0.3) is 5.91 Å². The Bertz CT molecular complexity index is 962. The van der Waals surface area contributed by atoms with Crippen molar-refractivity contribution in [1.29, 1.82) is 0 Å². The molecular formula is C21H20FNO5. The normalized spacial score (nSPS) is 21.6. The van der Waals surface area contributed by atoms with E-state index in [0.717, 1.165) is 0 Å². The molecule has 0 spiro atoms. The van der Waals surface area contributed by atoms with E-state index in [1.54, 1.807) is 19.1 Å². The fraction of sp³-hybridized carbons (Fsp3) is 0.381. The maximum atomic E-state index is 13.2. The number of fused-ring (bicyclic) bond motifs is 1. The van der Waals surface area contributed by atoms with Crippen LogP contribution in [0.15, 0.2) is 28.7 Å². The Kier molecular flexibility index (Phi) is 4.53. The minimum Gasteiger partial charge on any atom is -0.481 e. The van der Waals surface area contributed by atoms with Crippen molar-refractivity contribution in [1.82, 2.24) is 4.90 Å². The van der Waals surface area contributed by atoms with Gasteiger partial charge < -0.3 is 14.4 Å². The predicted octanol–water partition coefficient (Wildman–Crippen LogP) is 3.19. The van der Waals surface area contributed by atoms with Gasteiger partial charge in [-0.15, -0.1) is 0 Å². The molecule has 0 saturated carbocycles. The number of carboxylic acids is 1. The van der Waals surface area contributed by atoms with Crippen molar-refractivity contribution in [3.63, 3.8) is 0 Å². The number of aliphatic carboxylic acids is 1. The van der Waals surface area contributed by atoms with Crippen molar-refractivity contribution < 1.29 is 28.3 Å². The molecule has 1 aliphatic heterocycles. The molecule has 2 aromatic rings. The van der Waals surface area contributed by atoms with E-state index >= 15 is 0 Å². The number of likely N-dealkylation sites (tertiary alicyclic amines) is 1. The van der Waals surface area contributed by atoms with Crippen LogP contribution in [0.3, 0.4) is 0 Å². The van der Waals surface area contributed by atoms with Crippen molar-refractivity contribution in [2.45, 2.75) is 32.1 Å². The number of Topliss-reactive ketones (excluding diaryl/α,β-unsaturated/α-hetero) is 1. The Balaban J connectivity index is 1.66. The van der Waals surface area contributed by atoms with Crippen molar-refractivity contribution in [2.75, 3.05) is 13.1 Å². The quantitative estimate of drug-likeness (QED) is 0.877. The molecule has 146 valence electrons. The maximum Gasteiger partial charge on any atom is 0.308 e. The molecule has 1 aromatic carbocycles. The summed E-state index contributed by atoms with van der Waals surface area (Å²) in [5.74, 6) is -2.20. The fourth-order valence-corrected chi connectivity index (χ4v) is 4.29. The van der Waals surface area contributed by atoms with Crippen LogP contribution in [0.1, 0.15) is 56.6 Å². The highest BCUT2D eigenvalue weighted by atomic mass is 19.1. The number of ketones is 1. The van der Waals surface area contributed by atoms with Crippen LogP contribution < -0.4 is 0 Å². The first-order valence-electron chi connectivity index (χ1n) is 9.29. The van der Waals surface area contributed by atoms with Gasteiger partial charge in [0.15, 0.2) is 5.78 Å². The molecule has 2 heterocycles. The Morgan fingerprint density at radius 3 is 2.57 bits per heavy atom. The number of aryl methyl sites for hydroxylation is 2. The van der Waals surface area contributed by atoms with Gasteiger partial charge >= 0.3 is 5.97 Å². The first kappa shape index (κ1) is 18.4. The summed E-state index contributed by atoms with van der Waals surface area (Å²) in [5.41, 5.74) is 1.28. The van der Waals surface area contributed by atoms with Crippen LogP contribution in [0.5, 0.6) is 0 Å². The molecule has 1 fully saturated rings. The van der Waals surface area contributed by atoms with Gasteiger partial charge in [-0.25, -0.2) is 4.39 Å². The lowest BCUT2D eigenvalue weighted by atomic mass is 9.89. The number of hydrogen-bond donors (Lipinski definition) is 1. The van der Waals surface area contributed by atoms with Crippen molar-refractivity contribution >= 4 is 17.7 Å². The molecular weight excluding hydrogens is 365 g/mol. The van der Waals surface area contributed by atoms with Gasteiger partial charge in [0.1, 0.15) is 17.3 Å². The van der Waals surface area contributed by atoms with Gasteiger partial charge in [-0.3, -0.25) is 14.4 Å². The van der Waals surface area contributed by atoms with Gasteiger partial charge in [-0.2, -0.15) is 0 Å². The highest BCUT2D eigenvalue weighted by molar-refractivity contribution is 6.10. The number of furan rings is 1. The largest absolute Gasteiger partial charge is 0.481 e. The van der Waals surface area contributed by atoms with Crippen LogP contribution in [0.4, 0.5) is 4.39 Å². The summed E-state index contributed by atoms with van der Waals surface area (Å²) in [5, 5.41) is 9.63. The van der Waals surface area contributed by atoms with E-state index in [1.807, 2.05) is 0 Å². The Morgan fingerprint density at radius 2 is 1.89 bits per heavy atom. The van der Waals surface area contributed by atoms with E-state index < -0.39 is 23.6 Å². The standard InChI is InChI=1S/C21H20FNO5/c1-11-18(19-16(24)3-2-4-17(19)28-11)20(25)23-9-14(15(10-23)21(26)27)12-5-7-13(22)8-6-12/h5-8,14-15H,2-4,9-10H2,1H3,(H,26,27). The van der Waals surface area contributed by atoms with Crippen LogP contribution in [-0.4, -0.2) is 40.8 Å². The van der Waals surface area contributed by atoms with Gasteiger partial charge in [0, 0.05) is 31.8 Å². The van der Waals surface area contributed by atoms with Crippen molar-refractivity contribution in [2.24, 2.45) is 5.92 Å². The molecule has 4 rings (SSSR count). The molecule has 2 atom stereocenters. The highest BCUT2D eigenvalue weighted by Gasteiger charge is 2.42. The van der Waals surface area contributed by atoms with E-state index in [2.05, 4.69) is 0 Å². The minimum atomic E-state index is -1.01. The third-order valence-electron chi connectivity index (χ3n) is 5.68. The van der Waals surface area contributed by atoms with Gasteiger partial charge in [-0.05, 0) is 31.0 Å². The number of amides is 1. The number of carbonyl (C=O) groups excluding carboxylic acids is 2. The van der Waals surface area contributed by atoms with E-state index in [4.69, 9.17) is 4.42 Å². The highest BCUT2D eigenvalue weighted by Crippen LogP contribution is 2.36. The van der Waals surface area contributed by atoms with Crippen molar-refractivity contribution in [3.8, 4) is 0 Å². The van der Waals surface area contributed by atoms with Gasteiger partial charge in [-0.1, -0.05) is 12.1 Å². The average molecular weight is 385 g/mol. The lowest BCUT2D eigenvalue weighted by molar-refractivity contribution is -0.141.